The van der Waals surface area contributed by atoms with Gasteiger partial charge in [0.1, 0.15) is 0 Å². The van der Waals surface area contributed by atoms with E-state index in [1.165, 1.54) is 0 Å². The van der Waals surface area contributed by atoms with Crippen molar-refractivity contribution in [3.8, 4) is 11.1 Å². The third-order valence-corrected chi connectivity index (χ3v) is 5.66. The summed E-state index contributed by atoms with van der Waals surface area (Å²) in [6.07, 6.45) is 0. The molecule has 2 nitrogen and oxygen atoms in total. The van der Waals surface area contributed by atoms with Gasteiger partial charge in [0.15, 0.2) is 11.6 Å². The molecule has 32 heavy (non-hydrogen) atoms. The Morgan fingerprint density at radius 3 is 1.62 bits per heavy atom. The molecule has 0 heterocycles. The molecule has 0 spiro atoms. The number of benzene rings is 5. The molecule has 0 radical (unpaired) electrons. The lowest BCUT2D eigenvalue weighted by Gasteiger charge is -2.18. The van der Waals surface area contributed by atoms with Crippen LogP contribution in [-0.2, 0) is 0 Å². The van der Waals surface area contributed by atoms with Gasteiger partial charge in [0.25, 0.3) is 0 Å². The van der Waals surface area contributed by atoms with Crippen molar-refractivity contribution in [1.29, 1.82) is 0 Å². The van der Waals surface area contributed by atoms with Crippen LogP contribution in [0.3, 0.4) is 0 Å². The highest BCUT2D eigenvalue weighted by Crippen LogP contribution is 2.36. The minimum absolute atomic E-state index is 0.0941. The molecule has 0 unspecified atom stereocenters. The first-order chi connectivity index (χ1) is 15.7. The summed E-state index contributed by atoms with van der Waals surface area (Å²) in [7, 11) is 0. The van der Waals surface area contributed by atoms with Gasteiger partial charge in [0, 0.05) is 27.8 Å². The van der Waals surface area contributed by atoms with Crippen LogP contribution in [0.15, 0.2) is 121 Å². The normalized spacial score (nSPS) is 10.8. The standard InChI is InChI=1S/C30H20O2/c31-29(22-14-6-2-7-15-22)26-20-24-18-10-11-19-25(24)28(27(26)21-12-4-1-5-13-21)30(32)23-16-8-3-9-17-23/h1-20H. The summed E-state index contributed by atoms with van der Waals surface area (Å²) in [5, 5.41) is 1.70. The van der Waals surface area contributed by atoms with Crippen molar-refractivity contribution in [2.45, 2.75) is 0 Å². The quantitative estimate of drug-likeness (QED) is 0.292. The van der Waals surface area contributed by atoms with Gasteiger partial charge in [-0.1, -0.05) is 115 Å². The van der Waals surface area contributed by atoms with Crippen molar-refractivity contribution in [3.63, 3.8) is 0 Å². The number of carbonyl (C=O) groups is 2. The summed E-state index contributed by atoms with van der Waals surface area (Å²) < 4.78 is 0. The van der Waals surface area contributed by atoms with Gasteiger partial charge in [-0.05, 0) is 22.4 Å². The van der Waals surface area contributed by atoms with Crippen molar-refractivity contribution in [2.75, 3.05) is 0 Å². The van der Waals surface area contributed by atoms with Gasteiger partial charge in [0.2, 0.25) is 0 Å². The Bertz CT molecular complexity index is 1420. The molecule has 0 amide bonds. The Hall–Kier alpha value is -4.30. The van der Waals surface area contributed by atoms with Gasteiger partial charge >= 0.3 is 0 Å². The van der Waals surface area contributed by atoms with Crippen LogP contribution in [0, 0.1) is 0 Å². The van der Waals surface area contributed by atoms with Gasteiger partial charge in [0.05, 0.1) is 0 Å². The first-order valence-corrected chi connectivity index (χ1v) is 10.5. The second kappa shape index (κ2) is 8.44. The molecule has 0 aliphatic rings. The lowest BCUT2D eigenvalue weighted by atomic mass is 9.83. The fourth-order valence-corrected chi connectivity index (χ4v) is 4.15. The molecule has 5 aromatic rings. The Morgan fingerprint density at radius 1 is 0.500 bits per heavy atom. The number of ketones is 2. The lowest BCUT2D eigenvalue weighted by molar-refractivity contribution is 0.103. The number of fused-ring (bicyclic) bond motifs is 1. The second-order valence-corrected chi connectivity index (χ2v) is 7.65. The van der Waals surface area contributed by atoms with Gasteiger partial charge in [-0.3, -0.25) is 9.59 Å². The monoisotopic (exact) mass is 412 g/mol. The summed E-state index contributed by atoms with van der Waals surface area (Å²) >= 11 is 0. The molecule has 0 N–H and O–H groups in total. The molecule has 2 heteroatoms. The molecule has 152 valence electrons. The Morgan fingerprint density at radius 2 is 1.00 bits per heavy atom. The smallest absolute Gasteiger partial charge is 0.194 e. The van der Waals surface area contributed by atoms with Crippen molar-refractivity contribution in [3.05, 3.63) is 144 Å². The van der Waals surface area contributed by atoms with E-state index in [2.05, 4.69) is 0 Å². The van der Waals surface area contributed by atoms with E-state index in [9.17, 15) is 9.59 Å². The zero-order valence-electron chi connectivity index (χ0n) is 17.4. The van der Waals surface area contributed by atoms with Gasteiger partial charge in [-0.25, -0.2) is 0 Å². The first kappa shape index (κ1) is 19.7. The Kier molecular flexibility index (Phi) is 5.19. The summed E-state index contributed by atoms with van der Waals surface area (Å²) in [6, 6.07) is 37.8. The summed E-state index contributed by atoms with van der Waals surface area (Å²) in [5.74, 6) is -0.194. The van der Waals surface area contributed by atoms with Crippen LogP contribution in [0.4, 0.5) is 0 Å². The van der Waals surface area contributed by atoms with E-state index >= 15 is 0 Å². The van der Waals surface area contributed by atoms with Crippen LogP contribution >= 0.6 is 0 Å². The lowest BCUT2D eigenvalue weighted by Crippen LogP contribution is -2.11. The van der Waals surface area contributed by atoms with Gasteiger partial charge in [-0.2, -0.15) is 0 Å². The number of hydrogen-bond donors (Lipinski definition) is 0. The van der Waals surface area contributed by atoms with E-state index < -0.39 is 0 Å². The molecule has 0 aliphatic carbocycles. The first-order valence-electron chi connectivity index (χ1n) is 10.5. The summed E-state index contributed by atoms with van der Waals surface area (Å²) in [6.45, 7) is 0. The van der Waals surface area contributed by atoms with E-state index in [4.69, 9.17) is 0 Å². The maximum absolute atomic E-state index is 13.9. The zero-order valence-corrected chi connectivity index (χ0v) is 17.4. The fourth-order valence-electron chi connectivity index (χ4n) is 4.15. The van der Waals surface area contributed by atoms with E-state index in [0.29, 0.717) is 27.8 Å². The van der Waals surface area contributed by atoms with Crippen LogP contribution in [0.2, 0.25) is 0 Å². The maximum Gasteiger partial charge on any atom is 0.194 e. The summed E-state index contributed by atoms with van der Waals surface area (Å²) in [5.41, 5.74) is 3.79. The van der Waals surface area contributed by atoms with Crippen LogP contribution in [-0.4, -0.2) is 11.6 Å². The van der Waals surface area contributed by atoms with Gasteiger partial charge in [-0.15, -0.1) is 0 Å². The molecule has 5 rings (SSSR count). The zero-order chi connectivity index (χ0) is 21.9. The predicted octanol–water partition coefficient (Wildman–Crippen LogP) is 6.97. The Balaban J connectivity index is 1.88. The predicted molar refractivity (Wildman–Crippen MR) is 129 cm³/mol. The molecular formula is C30H20O2. The molecule has 0 fully saturated rings. The van der Waals surface area contributed by atoms with E-state index in [1.54, 1.807) is 0 Å². The van der Waals surface area contributed by atoms with Gasteiger partial charge < -0.3 is 0 Å². The van der Waals surface area contributed by atoms with Crippen molar-refractivity contribution < 1.29 is 9.59 Å². The molecule has 0 saturated carbocycles. The van der Waals surface area contributed by atoms with E-state index in [0.717, 1.165) is 16.3 Å². The third kappa shape index (κ3) is 3.52. The van der Waals surface area contributed by atoms with Crippen molar-refractivity contribution in [2.24, 2.45) is 0 Å². The average Bonchev–Trinajstić information content (AvgIpc) is 2.88. The molecule has 0 saturated heterocycles. The van der Waals surface area contributed by atoms with Crippen LogP contribution in [0.1, 0.15) is 31.8 Å². The number of carbonyl (C=O) groups excluding carboxylic acids is 2. The molecule has 0 atom stereocenters. The van der Waals surface area contributed by atoms with E-state index in [-0.39, 0.29) is 11.6 Å². The fraction of sp³-hybridized carbons (Fsp3) is 0. The molecule has 0 bridgehead atoms. The second-order valence-electron chi connectivity index (χ2n) is 7.65. The Labute approximate surface area is 186 Å². The van der Waals surface area contributed by atoms with Crippen LogP contribution < -0.4 is 0 Å². The molecular weight excluding hydrogens is 392 g/mol. The van der Waals surface area contributed by atoms with Crippen molar-refractivity contribution in [1.82, 2.24) is 0 Å². The molecule has 0 aromatic heterocycles. The largest absolute Gasteiger partial charge is 0.289 e. The molecule has 5 aromatic carbocycles. The average molecular weight is 412 g/mol. The summed E-state index contributed by atoms with van der Waals surface area (Å²) in [4.78, 5) is 27.5. The highest BCUT2D eigenvalue weighted by Gasteiger charge is 2.25. The maximum atomic E-state index is 13.9. The van der Waals surface area contributed by atoms with Crippen LogP contribution in [0.25, 0.3) is 21.9 Å². The highest BCUT2D eigenvalue weighted by atomic mass is 16.1. The topological polar surface area (TPSA) is 34.1 Å². The molecule has 0 aliphatic heterocycles. The minimum Gasteiger partial charge on any atom is -0.289 e. The SMILES string of the molecule is O=C(c1ccccc1)c1cc2ccccc2c(C(=O)c2ccccc2)c1-c1ccccc1. The minimum atomic E-state index is -0.0997. The van der Waals surface area contributed by atoms with Crippen molar-refractivity contribution >= 4 is 22.3 Å². The number of hydrogen-bond acceptors (Lipinski definition) is 2. The van der Waals surface area contributed by atoms with Crippen LogP contribution in [0.5, 0.6) is 0 Å². The third-order valence-electron chi connectivity index (χ3n) is 5.66. The van der Waals surface area contributed by atoms with E-state index in [1.807, 2.05) is 121 Å². The highest BCUT2D eigenvalue weighted by molar-refractivity contribution is 6.25. The number of rotatable bonds is 5.